The molecule has 1 N–H and O–H groups in total. The van der Waals surface area contributed by atoms with Crippen molar-refractivity contribution >= 4 is 17.5 Å². The average Bonchev–Trinajstić information content (AvgIpc) is 2.88. The minimum atomic E-state index is -0.508. The number of likely N-dealkylation sites (tertiary alicyclic amines) is 1. The maximum atomic E-state index is 13.1. The summed E-state index contributed by atoms with van der Waals surface area (Å²) in [7, 11) is 1.61. The van der Waals surface area contributed by atoms with E-state index in [-0.39, 0.29) is 5.91 Å². The van der Waals surface area contributed by atoms with Crippen LogP contribution in [-0.4, -0.2) is 52.1 Å². The lowest BCUT2D eigenvalue weighted by Gasteiger charge is -2.34. The Balaban J connectivity index is 1.35. The van der Waals surface area contributed by atoms with Gasteiger partial charge in [0.15, 0.2) is 6.10 Å². The van der Waals surface area contributed by atoms with Crippen molar-refractivity contribution in [1.29, 1.82) is 0 Å². The summed E-state index contributed by atoms with van der Waals surface area (Å²) >= 11 is 0. The summed E-state index contributed by atoms with van der Waals surface area (Å²) in [6.45, 7) is 3.34. The maximum absolute atomic E-state index is 13.1. The number of hydrogen-bond acceptors (Lipinski definition) is 7. The fourth-order valence-corrected chi connectivity index (χ4v) is 3.99. The summed E-state index contributed by atoms with van der Waals surface area (Å²) < 4.78 is 11.3. The Morgan fingerprint density at radius 3 is 2.64 bits per heavy atom. The highest BCUT2D eigenvalue weighted by Crippen LogP contribution is 2.29. The van der Waals surface area contributed by atoms with Crippen molar-refractivity contribution in [3.8, 4) is 11.5 Å². The van der Waals surface area contributed by atoms with Crippen LogP contribution in [0.15, 0.2) is 61.1 Å². The summed E-state index contributed by atoms with van der Waals surface area (Å²) in [4.78, 5) is 28.1. The molecule has 4 rings (SSSR count). The minimum Gasteiger partial charge on any atom is -0.497 e. The molecule has 8 nitrogen and oxygen atoms in total. The third-order valence-corrected chi connectivity index (χ3v) is 5.78. The molecule has 3 aromatic rings. The topological polar surface area (TPSA) is 89.5 Å². The number of nitrogens with one attached hydrogen (secondary N) is 1. The van der Waals surface area contributed by atoms with E-state index in [1.807, 2.05) is 48.2 Å². The van der Waals surface area contributed by atoms with Crippen LogP contribution in [0, 0.1) is 0 Å². The van der Waals surface area contributed by atoms with Crippen LogP contribution in [0.4, 0.5) is 11.6 Å². The maximum Gasteiger partial charge on any atom is 0.263 e. The van der Waals surface area contributed by atoms with Crippen molar-refractivity contribution in [2.24, 2.45) is 0 Å². The number of carbonyl (C=O) groups excluding carboxylic acids is 1. The van der Waals surface area contributed by atoms with Gasteiger partial charge in [-0.1, -0.05) is 19.1 Å². The zero-order chi connectivity index (χ0) is 23.0. The van der Waals surface area contributed by atoms with E-state index < -0.39 is 6.10 Å². The first-order valence-corrected chi connectivity index (χ1v) is 11.3. The summed E-state index contributed by atoms with van der Waals surface area (Å²) in [6.07, 6.45) is 6.76. The highest BCUT2D eigenvalue weighted by atomic mass is 16.5. The van der Waals surface area contributed by atoms with E-state index in [9.17, 15) is 4.79 Å². The second-order valence-electron chi connectivity index (χ2n) is 7.96. The number of ether oxygens (including phenoxy) is 2. The molecule has 1 fully saturated rings. The molecule has 0 aliphatic carbocycles. The second-order valence-corrected chi connectivity index (χ2v) is 7.96. The van der Waals surface area contributed by atoms with Gasteiger partial charge in [-0.3, -0.25) is 9.78 Å². The van der Waals surface area contributed by atoms with Gasteiger partial charge >= 0.3 is 0 Å². The number of nitrogens with zero attached hydrogens (tertiary/aromatic N) is 4. The number of aromatic nitrogens is 3. The molecule has 1 aliphatic rings. The molecule has 0 radical (unpaired) electrons. The standard InChI is InChI=1S/C25H29N5O3/c1-3-22(33-20-7-4-6-19(16-20)32-2)25(31)30-14-10-18(11-15-30)21-8-5-9-23(28-21)29-24-17-26-12-13-27-24/h4-9,12-13,16-18,22H,3,10-11,14-15H2,1-2H3,(H,27,28,29)/t22-/m0/s1. The van der Waals surface area contributed by atoms with Crippen molar-refractivity contribution in [3.05, 3.63) is 66.7 Å². The van der Waals surface area contributed by atoms with E-state index in [1.165, 1.54) is 0 Å². The normalized spacial score (nSPS) is 15.0. The SMILES string of the molecule is CC[C@H](Oc1cccc(OC)c1)C(=O)N1CCC(c2cccc(Nc3cnccn3)n2)CC1. The van der Waals surface area contributed by atoms with Gasteiger partial charge in [-0.15, -0.1) is 0 Å². The van der Waals surface area contributed by atoms with Crippen LogP contribution in [0.2, 0.25) is 0 Å². The molecule has 2 aromatic heterocycles. The summed E-state index contributed by atoms with van der Waals surface area (Å²) in [5, 5.41) is 3.19. The molecule has 172 valence electrons. The first kappa shape index (κ1) is 22.5. The Labute approximate surface area is 194 Å². The van der Waals surface area contributed by atoms with Crippen LogP contribution >= 0.6 is 0 Å². The Hall–Kier alpha value is -3.68. The fraction of sp³-hybridized carbons (Fsp3) is 0.360. The molecule has 1 amide bonds. The molecular formula is C25H29N5O3. The lowest BCUT2D eigenvalue weighted by atomic mass is 9.92. The quantitative estimate of drug-likeness (QED) is 0.554. The van der Waals surface area contributed by atoms with Gasteiger partial charge in [-0.05, 0) is 43.5 Å². The lowest BCUT2D eigenvalue weighted by Crippen LogP contribution is -2.45. The van der Waals surface area contributed by atoms with E-state index >= 15 is 0 Å². The summed E-state index contributed by atoms with van der Waals surface area (Å²) in [5.41, 5.74) is 1.02. The minimum absolute atomic E-state index is 0.0322. The monoisotopic (exact) mass is 447 g/mol. The Morgan fingerprint density at radius 2 is 1.91 bits per heavy atom. The number of benzene rings is 1. The zero-order valence-electron chi connectivity index (χ0n) is 19.0. The predicted molar refractivity (Wildman–Crippen MR) is 126 cm³/mol. The smallest absolute Gasteiger partial charge is 0.263 e. The Morgan fingerprint density at radius 1 is 1.12 bits per heavy atom. The van der Waals surface area contributed by atoms with Crippen molar-refractivity contribution in [2.75, 3.05) is 25.5 Å². The molecule has 8 heteroatoms. The predicted octanol–water partition coefficient (Wildman–Crippen LogP) is 4.19. The molecule has 0 saturated carbocycles. The number of methoxy groups -OCH3 is 1. The molecule has 0 bridgehead atoms. The van der Waals surface area contributed by atoms with E-state index in [0.29, 0.717) is 42.7 Å². The van der Waals surface area contributed by atoms with Gasteiger partial charge in [0.1, 0.15) is 23.1 Å². The zero-order valence-corrected chi connectivity index (χ0v) is 19.0. The number of pyridine rings is 1. The van der Waals surface area contributed by atoms with Gasteiger partial charge in [0.05, 0.1) is 13.3 Å². The van der Waals surface area contributed by atoms with E-state index in [2.05, 4.69) is 15.3 Å². The van der Waals surface area contributed by atoms with Crippen LogP contribution in [0.3, 0.4) is 0 Å². The molecule has 0 unspecified atom stereocenters. The van der Waals surface area contributed by atoms with E-state index in [0.717, 1.165) is 24.4 Å². The van der Waals surface area contributed by atoms with E-state index in [4.69, 9.17) is 14.5 Å². The Bertz CT molecular complexity index is 1050. The second kappa shape index (κ2) is 10.8. The molecule has 3 heterocycles. The third-order valence-electron chi connectivity index (χ3n) is 5.78. The first-order valence-electron chi connectivity index (χ1n) is 11.3. The summed E-state index contributed by atoms with van der Waals surface area (Å²) in [6, 6.07) is 13.3. The number of amides is 1. The van der Waals surface area contributed by atoms with E-state index in [1.54, 1.807) is 31.8 Å². The number of anilines is 2. The van der Waals surface area contributed by atoms with Crippen LogP contribution in [0.5, 0.6) is 11.5 Å². The van der Waals surface area contributed by atoms with Gasteiger partial charge in [-0.2, -0.15) is 0 Å². The number of hydrogen-bond donors (Lipinski definition) is 1. The Kier molecular flexibility index (Phi) is 7.34. The number of carbonyl (C=O) groups is 1. The van der Waals surface area contributed by atoms with Crippen LogP contribution in [-0.2, 0) is 4.79 Å². The number of rotatable bonds is 8. The highest BCUT2D eigenvalue weighted by Gasteiger charge is 2.29. The molecule has 1 aliphatic heterocycles. The molecule has 1 aromatic carbocycles. The van der Waals surface area contributed by atoms with Gasteiger partial charge in [-0.25, -0.2) is 9.97 Å². The summed E-state index contributed by atoms with van der Waals surface area (Å²) in [5.74, 6) is 3.08. The first-order chi connectivity index (χ1) is 16.2. The van der Waals surface area contributed by atoms with Crippen LogP contribution in [0.1, 0.15) is 37.8 Å². The van der Waals surface area contributed by atoms with Crippen molar-refractivity contribution < 1.29 is 14.3 Å². The molecular weight excluding hydrogens is 418 g/mol. The van der Waals surface area contributed by atoms with Gasteiger partial charge in [0, 0.05) is 43.2 Å². The molecule has 1 saturated heterocycles. The largest absolute Gasteiger partial charge is 0.497 e. The van der Waals surface area contributed by atoms with Crippen molar-refractivity contribution in [1.82, 2.24) is 19.9 Å². The molecule has 0 spiro atoms. The van der Waals surface area contributed by atoms with Gasteiger partial charge < -0.3 is 19.7 Å². The third kappa shape index (κ3) is 5.77. The van der Waals surface area contributed by atoms with Crippen LogP contribution in [0.25, 0.3) is 0 Å². The average molecular weight is 448 g/mol. The molecule has 1 atom stereocenters. The van der Waals surface area contributed by atoms with Crippen LogP contribution < -0.4 is 14.8 Å². The van der Waals surface area contributed by atoms with Gasteiger partial charge in [0.25, 0.3) is 5.91 Å². The number of piperidine rings is 1. The van der Waals surface area contributed by atoms with Crippen molar-refractivity contribution in [2.45, 2.75) is 38.2 Å². The van der Waals surface area contributed by atoms with Gasteiger partial charge in [0.2, 0.25) is 0 Å². The highest BCUT2D eigenvalue weighted by molar-refractivity contribution is 5.81. The molecule has 33 heavy (non-hydrogen) atoms. The lowest BCUT2D eigenvalue weighted by molar-refractivity contribution is -0.140. The van der Waals surface area contributed by atoms with Crippen molar-refractivity contribution in [3.63, 3.8) is 0 Å². The fourth-order valence-electron chi connectivity index (χ4n) is 3.99.